The van der Waals surface area contributed by atoms with Crippen LogP contribution in [0.2, 0.25) is 0 Å². The third-order valence-electron chi connectivity index (χ3n) is 1.34. The van der Waals surface area contributed by atoms with Gasteiger partial charge in [-0.1, -0.05) is 12.7 Å². The Morgan fingerprint density at radius 3 is 2.91 bits per heavy atom. The molecule has 1 rings (SSSR count). The van der Waals surface area contributed by atoms with Crippen LogP contribution >= 0.6 is 0 Å². The van der Waals surface area contributed by atoms with Crippen LogP contribution in [0.15, 0.2) is 24.4 Å². The average Bonchev–Trinajstić information content (AvgIpc) is 2.39. The molecule has 0 spiro atoms. The van der Waals surface area contributed by atoms with Gasteiger partial charge in [0.25, 0.3) is 0 Å². The van der Waals surface area contributed by atoms with Crippen molar-refractivity contribution in [3.63, 3.8) is 0 Å². The van der Waals surface area contributed by atoms with Crippen molar-refractivity contribution in [2.45, 2.75) is 13.3 Å². The van der Waals surface area contributed by atoms with E-state index >= 15 is 0 Å². The lowest BCUT2D eigenvalue weighted by Gasteiger charge is -2.13. The number of rotatable bonds is 2. The van der Waals surface area contributed by atoms with Gasteiger partial charge in [-0.15, -0.1) is 0 Å². The second-order valence-electron chi connectivity index (χ2n) is 2.47. The molecule has 60 valence electrons. The maximum Gasteiger partial charge on any atom is 0.358 e. The van der Waals surface area contributed by atoms with Crippen molar-refractivity contribution >= 4 is 5.97 Å². The van der Waals surface area contributed by atoms with Gasteiger partial charge in [-0.2, -0.15) is 0 Å². The highest BCUT2D eigenvalue weighted by Gasteiger charge is 2.10. The summed E-state index contributed by atoms with van der Waals surface area (Å²) in [6.45, 7) is 5.85. The normalized spacial score (nSPS) is 15.2. The first-order chi connectivity index (χ1) is 5.20. The van der Waals surface area contributed by atoms with Gasteiger partial charge in [0.1, 0.15) is 0 Å². The fraction of sp³-hybridized carbons (Fsp3) is 0.375. The first-order valence-electron chi connectivity index (χ1n) is 3.51. The van der Waals surface area contributed by atoms with Crippen LogP contribution in [-0.2, 0) is 9.63 Å². The Morgan fingerprint density at radius 2 is 2.45 bits per heavy atom. The Bertz CT molecular complexity index is 208. The molecule has 11 heavy (non-hydrogen) atoms. The molecule has 1 heterocycles. The van der Waals surface area contributed by atoms with Crippen molar-refractivity contribution in [3.8, 4) is 0 Å². The van der Waals surface area contributed by atoms with Gasteiger partial charge in [-0.05, 0) is 13.3 Å². The van der Waals surface area contributed by atoms with Crippen LogP contribution in [0.5, 0.6) is 0 Å². The van der Waals surface area contributed by atoms with E-state index in [2.05, 4.69) is 6.58 Å². The molecule has 3 nitrogen and oxygen atoms in total. The summed E-state index contributed by atoms with van der Waals surface area (Å²) in [7, 11) is 0. The van der Waals surface area contributed by atoms with E-state index in [1.807, 2.05) is 6.08 Å². The molecule has 3 heteroatoms. The molecule has 0 bridgehead atoms. The summed E-state index contributed by atoms with van der Waals surface area (Å²) in [5.74, 6) is -0.364. The predicted molar refractivity (Wildman–Crippen MR) is 41.4 cm³/mol. The van der Waals surface area contributed by atoms with Gasteiger partial charge in [-0.25, -0.2) is 9.86 Å². The fourth-order valence-corrected chi connectivity index (χ4v) is 0.729. The number of carbonyl (C=O) groups is 1. The lowest BCUT2D eigenvalue weighted by Crippen LogP contribution is -2.20. The smallest absolute Gasteiger partial charge is 0.336 e. The molecule has 0 aromatic carbocycles. The van der Waals surface area contributed by atoms with E-state index in [0.29, 0.717) is 5.57 Å². The number of carbonyl (C=O) groups excluding carboxylic acids is 1. The SMILES string of the molecule is C=C(C)C(=O)ON1C=CCC1. The molecule has 0 unspecified atom stereocenters. The lowest BCUT2D eigenvalue weighted by atomic mass is 10.4. The Labute approximate surface area is 65.9 Å². The summed E-state index contributed by atoms with van der Waals surface area (Å²) < 4.78 is 0. The second-order valence-corrected chi connectivity index (χ2v) is 2.47. The van der Waals surface area contributed by atoms with Crippen LogP contribution in [0.4, 0.5) is 0 Å². The fourth-order valence-electron chi connectivity index (χ4n) is 0.729. The van der Waals surface area contributed by atoms with Crippen molar-refractivity contribution in [1.29, 1.82) is 0 Å². The van der Waals surface area contributed by atoms with Gasteiger partial charge in [0, 0.05) is 11.8 Å². The van der Waals surface area contributed by atoms with Gasteiger partial charge in [0.15, 0.2) is 0 Å². The number of hydrogen-bond donors (Lipinski definition) is 0. The van der Waals surface area contributed by atoms with E-state index in [1.54, 1.807) is 13.1 Å². The van der Waals surface area contributed by atoms with Crippen LogP contribution < -0.4 is 0 Å². The minimum absolute atomic E-state index is 0.364. The topological polar surface area (TPSA) is 29.5 Å². The second kappa shape index (κ2) is 3.23. The van der Waals surface area contributed by atoms with Crippen molar-refractivity contribution in [2.24, 2.45) is 0 Å². The molecular weight excluding hydrogens is 142 g/mol. The Hall–Kier alpha value is -1.25. The number of hydroxylamine groups is 2. The largest absolute Gasteiger partial charge is 0.358 e. The van der Waals surface area contributed by atoms with Crippen LogP contribution in [0.1, 0.15) is 13.3 Å². The van der Waals surface area contributed by atoms with Gasteiger partial charge < -0.3 is 4.84 Å². The van der Waals surface area contributed by atoms with Crippen LogP contribution in [-0.4, -0.2) is 17.6 Å². The van der Waals surface area contributed by atoms with Crippen LogP contribution in [0.3, 0.4) is 0 Å². The summed E-state index contributed by atoms with van der Waals surface area (Å²) in [6.07, 6.45) is 4.63. The zero-order valence-corrected chi connectivity index (χ0v) is 6.54. The minimum atomic E-state index is -0.364. The highest BCUT2D eigenvalue weighted by atomic mass is 16.7. The molecule has 0 radical (unpaired) electrons. The van der Waals surface area contributed by atoms with E-state index in [0.717, 1.165) is 13.0 Å². The first-order valence-corrected chi connectivity index (χ1v) is 3.51. The average molecular weight is 153 g/mol. The van der Waals surface area contributed by atoms with E-state index < -0.39 is 0 Å². The molecule has 0 aromatic heterocycles. The molecule has 0 amide bonds. The zero-order valence-electron chi connectivity index (χ0n) is 6.54. The van der Waals surface area contributed by atoms with Crippen LogP contribution in [0, 0.1) is 0 Å². The third-order valence-corrected chi connectivity index (χ3v) is 1.34. The summed E-state index contributed by atoms with van der Waals surface area (Å²) in [5, 5.41) is 1.51. The van der Waals surface area contributed by atoms with Gasteiger partial charge in [0.05, 0.1) is 6.54 Å². The molecule has 0 atom stereocenters. The maximum absolute atomic E-state index is 10.9. The quantitative estimate of drug-likeness (QED) is 0.559. The highest BCUT2D eigenvalue weighted by molar-refractivity contribution is 5.86. The summed E-state index contributed by atoms with van der Waals surface area (Å²) >= 11 is 0. The Morgan fingerprint density at radius 1 is 1.73 bits per heavy atom. The van der Waals surface area contributed by atoms with Gasteiger partial charge in [-0.3, -0.25) is 0 Å². The zero-order chi connectivity index (χ0) is 8.27. The molecule has 0 N–H and O–H groups in total. The molecule has 1 aliphatic rings. The van der Waals surface area contributed by atoms with Gasteiger partial charge >= 0.3 is 5.97 Å². The first kappa shape index (κ1) is 7.85. The standard InChI is InChI=1S/C8H11NO2/c1-7(2)8(10)11-9-5-3-4-6-9/h3,5H,1,4,6H2,2H3. The van der Waals surface area contributed by atoms with Crippen molar-refractivity contribution in [1.82, 2.24) is 5.06 Å². The Kier molecular flexibility index (Phi) is 2.31. The molecule has 1 aliphatic heterocycles. The van der Waals surface area contributed by atoms with Crippen molar-refractivity contribution < 1.29 is 9.63 Å². The van der Waals surface area contributed by atoms with E-state index in [4.69, 9.17) is 4.84 Å². The summed E-state index contributed by atoms with van der Waals surface area (Å²) in [5.41, 5.74) is 0.422. The van der Waals surface area contributed by atoms with E-state index in [1.165, 1.54) is 5.06 Å². The van der Waals surface area contributed by atoms with Crippen molar-refractivity contribution in [3.05, 3.63) is 24.4 Å². The maximum atomic E-state index is 10.9. The highest BCUT2D eigenvalue weighted by Crippen LogP contribution is 2.06. The van der Waals surface area contributed by atoms with Crippen molar-refractivity contribution in [2.75, 3.05) is 6.54 Å². The molecule has 0 fully saturated rings. The van der Waals surface area contributed by atoms with E-state index in [-0.39, 0.29) is 5.97 Å². The Balaban J connectivity index is 2.36. The molecule has 0 aliphatic carbocycles. The van der Waals surface area contributed by atoms with E-state index in [9.17, 15) is 4.79 Å². The number of hydrogen-bond acceptors (Lipinski definition) is 3. The summed E-state index contributed by atoms with van der Waals surface area (Å²) in [4.78, 5) is 15.8. The molecular formula is C8H11NO2. The monoisotopic (exact) mass is 153 g/mol. The predicted octanol–water partition coefficient (Wildman–Crippen LogP) is 1.24. The van der Waals surface area contributed by atoms with Gasteiger partial charge in [0.2, 0.25) is 0 Å². The van der Waals surface area contributed by atoms with Crippen LogP contribution in [0.25, 0.3) is 0 Å². The summed E-state index contributed by atoms with van der Waals surface area (Å²) in [6, 6.07) is 0. The third kappa shape index (κ3) is 2.11. The molecule has 0 saturated heterocycles. The minimum Gasteiger partial charge on any atom is -0.336 e. The molecule has 0 aromatic rings. The number of nitrogens with zero attached hydrogens (tertiary/aromatic N) is 1. The lowest BCUT2D eigenvalue weighted by molar-refractivity contribution is -0.171. The molecule has 0 saturated carbocycles.